The van der Waals surface area contributed by atoms with Crippen molar-refractivity contribution in [3.63, 3.8) is 0 Å². The zero-order chi connectivity index (χ0) is 14.8. The molecule has 106 valence electrons. The Hall–Kier alpha value is -2.41. The highest BCUT2D eigenvalue weighted by molar-refractivity contribution is 5.67. The highest BCUT2D eigenvalue weighted by atomic mass is 19.1. The number of hydrogen-bond donors (Lipinski definition) is 0. The number of halogens is 1. The summed E-state index contributed by atoms with van der Waals surface area (Å²) in [4.78, 5) is 6.42. The maximum absolute atomic E-state index is 14.1. The van der Waals surface area contributed by atoms with Crippen molar-refractivity contribution in [2.45, 2.75) is 26.2 Å². The minimum Gasteiger partial charge on any atom is -0.323 e. The number of nitrogens with zero attached hydrogens (tertiary/aromatic N) is 3. The molecule has 0 spiro atoms. The topological polar surface area (TPSA) is 39.9 Å². The second-order valence-corrected chi connectivity index (χ2v) is 5.13. The lowest BCUT2D eigenvalue weighted by Gasteiger charge is -2.24. The maximum Gasteiger partial charge on any atom is 0.151 e. The summed E-state index contributed by atoms with van der Waals surface area (Å²) in [6, 6.07) is 10.7. The number of nitriles is 1. The Balaban J connectivity index is 2.14. The van der Waals surface area contributed by atoms with E-state index in [1.807, 2.05) is 13.0 Å². The van der Waals surface area contributed by atoms with E-state index in [2.05, 4.69) is 11.1 Å². The van der Waals surface area contributed by atoms with Gasteiger partial charge in [-0.25, -0.2) is 9.37 Å². The molecule has 0 atom stereocenters. The summed E-state index contributed by atoms with van der Waals surface area (Å²) in [5, 5.41) is 9.40. The summed E-state index contributed by atoms with van der Waals surface area (Å²) in [5.41, 5.74) is 3.17. The minimum atomic E-state index is -0.300. The third kappa shape index (κ3) is 2.36. The average molecular weight is 281 g/mol. The molecule has 0 aliphatic heterocycles. The second-order valence-electron chi connectivity index (χ2n) is 5.13. The quantitative estimate of drug-likeness (QED) is 0.860. The molecule has 0 radical (unpaired) electrons. The molecule has 1 aromatic heterocycles. The molecule has 3 rings (SSSR count). The van der Waals surface area contributed by atoms with Crippen molar-refractivity contribution < 1.29 is 4.39 Å². The van der Waals surface area contributed by atoms with E-state index >= 15 is 0 Å². The molecule has 0 amide bonds. The van der Waals surface area contributed by atoms with E-state index in [0.29, 0.717) is 23.6 Å². The molecule has 1 heterocycles. The van der Waals surface area contributed by atoms with Gasteiger partial charge in [-0.15, -0.1) is 0 Å². The highest BCUT2D eigenvalue weighted by Crippen LogP contribution is 2.32. The number of para-hydroxylation sites is 1. The fourth-order valence-electron chi connectivity index (χ4n) is 2.85. The lowest BCUT2D eigenvalue weighted by Crippen LogP contribution is -2.20. The zero-order valence-corrected chi connectivity index (χ0v) is 11.9. The summed E-state index contributed by atoms with van der Waals surface area (Å²) in [5.74, 6) is 0.260. The van der Waals surface area contributed by atoms with Gasteiger partial charge in [-0.1, -0.05) is 12.1 Å². The molecule has 0 saturated heterocycles. The first-order chi connectivity index (χ1) is 10.2. The number of aromatic nitrogens is 1. The lowest BCUT2D eigenvalue weighted by atomic mass is 10.1. The van der Waals surface area contributed by atoms with E-state index in [9.17, 15) is 9.65 Å². The van der Waals surface area contributed by atoms with Gasteiger partial charge in [0.1, 0.15) is 11.9 Å². The van der Waals surface area contributed by atoms with Crippen molar-refractivity contribution in [1.82, 2.24) is 4.98 Å². The van der Waals surface area contributed by atoms with Crippen LogP contribution >= 0.6 is 0 Å². The van der Waals surface area contributed by atoms with Crippen molar-refractivity contribution in [3.8, 4) is 6.07 Å². The molecule has 0 unspecified atom stereocenters. The van der Waals surface area contributed by atoms with Gasteiger partial charge < -0.3 is 4.90 Å². The van der Waals surface area contributed by atoms with Crippen LogP contribution in [0.2, 0.25) is 0 Å². The van der Waals surface area contributed by atoms with Gasteiger partial charge in [0.2, 0.25) is 0 Å². The van der Waals surface area contributed by atoms with Gasteiger partial charge in [-0.3, -0.25) is 0 Å². The predicted octanol–water partition coefficient (Wildman–Crippen LogP) is 3.74. The summed E-state index contributed by atoms with van der Waals surface area (Å²) in [6.45, 7) is 2.49. The van der Waals surface area contributed by atoms with Gasteiger partial charge in [-0.05, 0) is 49.9 Å². The van der Waals surface area contributed by atoms with Crippen molar-refractivity contribution in [2.75, 3.05) is 11.4 Å². The van der Waals surface area contributed by atoms with E-state index in [0.717, 1.165) is 30.5 Å². The van der Waals surface area contributed by atoms with Crippen LogP contribution in [0.3, 0.4) is 0 Å². The molecule has 0 fully saturated rings. The standard InChI is InChI=1S/C17H16FN3/c1-2-21(16-9-4-3-7-14(16)18)17-13(11-19)10-12-6-5-8-15(12)20-17/h3-4,7,9-10H,2,5-6,8H2,1H3. The summed E-state index contributed by atoms with van der Waals surface area (Å²) in [6.07, 6.45) is 2.98. The van der Waals surface area contributed by atoms with Crippen LogP contribution in [-0.4, -0.2) is 11.5 Å². The summed E-state index contributed by atoms with van der Waals surface area (Å²) < 4.78 is 14.1. The number of aryl methyl sites for hydroxylation is 2. The smallest absolute Gasteiger partial charge is 0.151 e. The molecule has 0 bridgehead atoms. The Kier molecular flexibility index (Phi) is 3.57. The Bertz CT molecular complexity index is 718. The minimum absolute atomic E-state index is 0.300. The number of hydrogen-bond acceptors (Lipinski definition) is 3. The Labute approximate surface area is 123 Å². The van der Waals surface area contributed by atoms with Crippen molar-refractivity contribution >= 4 is 11.5 Å². The Morgan fingerprint density at radius 1 is 1.33 bits per heavy atom. The van der Waals surface area contributed by atoms with Crippen LogP contribution in [0.1, 0.15) is 30.2 Å². The predicted molar refractivity (Wildman–Crippen MR) is 80.1 cm³/mol. The van der Waals surface area contributed by atoms with E-state index in [-0.39, 0.29) is 5.82 Å². The summed E-state index contributed by atoms with van der Waals surface area (Å²) in [7, 11) is 0. The highest BCUT2D eigenvalue weighted by Gasteiger charge is 2.21. The summed E-state index contributed by atoms with van der Waals surface area (Å²) >= 11 is 0. The molecule has 21 heavy (non-hydrogen) atoms. The molecule has 1 aliphatic rings. The molecule has 3 nitrogen and oxygen atoms in total. The number of anilines is 2. The first-order valence-corrected chi connectivity index (χ1v) is 7.19. The molecule has 1 aliphatic carbocycles. The van der Waals surface area contributed by atoms with Crippen LogP contribution in [0, 0.1) is 17.1 Å². The zero-order valence-electron chi connectivity index (χ0n) is 11.9. The van der Waals surface area contributed by atoms with Crippen molar-refractivity contribution in [2.24, 2.45) is 0 Å². The van der Waals surface area contributed by atoms with Crippen LogP contribution in [0.4, 0.5) is 15.9 Å². The lowest BCUT2D eigenvalue weighted by molar-refractivity contribution is 0.625. The first-order valence-electron chi connectivity index (χ1n) is 7.19. The SMILES string of the molecule is CCN(c1ccccc1F)c1nc2c(cc1C#N)CCC2. The largest absolute Gasteiger partial charge is 0.323 e. The monoisotopic (exact) mass is 281 g/mol. The second kappa shape index (κ2) is 5.53. The van der Waals surface area contributed by atoms with E-state index in [4.69, 9.17) is 0 Å². The van der Waals surface area contributed by atoms with Crippen LogP contribution in [0.25, 0.3) is 0 Å². The fourth-order valence-corrected chi connectivity index (χ4v) is 2.85. The van der Waals surface area contributed by atoms with Crippen molar-refractivity contribution in [1.29, 1.82) is 5.26 Å². The average Bonchev–Trinajstić information content (AvgIpc) is 2.96. The van der Waals surface area contributed by atoms with Crippen LogP contribution in [0.15, 0.2) is 30.3 Å². The van der Waals surface area contributed by atoms with Crippen LogP contribution in [0.5, 0.6) is 0 Å². The van der Waals surface area contributed by atoms with Gasteiger partial charge in [0.15, 0.2) is 5.82 Å². The molecule has 0 N–H and O–H groups in total. The van der Waals surface area contributed by atoms with E-state index in [1.165, 1.54) is 6.07 Å². The Morgan fingerprint density at radius 3 is 2.86 bits per heavy atom. The van der Waals surface area contributed by atoms with E-state index in [1.54, 1.807) is 23.1 Å². The van der Waals surface area contributed by atoms with Gasteiger partial charge in [0, 0.05) is 12.2 Å². The molecular formula is C17H16FN3. The normalized spacial score (nSPS) is 12.8. The fraction of sp³-hybridized carbons (Fsp3) is 0.294. The van der Waals surface area contributed by atoms with Gasteiger partial charge >= 0.3 is 0 Å². The van der Waals surface area contributed by atoms with Gasteiger partial charge in [-0.2, -0.15) is 5.26 Å². The van der Waals surface area contributed by atoms with E-state index < -0.39 is 0 Å². The van der Waals surface area contributed by atoms with Crippen LogP contribution in [-0.2, 0) is 12.8 Å². The molecule has 0 saturated carbocycles. The Morgan fingerprint density at radius 2 is 2.14 bits per heavy atom. The number of benzene rings is 1. The molecular weight excluding hydrogens is 265 g/mol. The number of pyridine rings is 1. The maximum atomic E-state index is 14.1. The molecule has 4 heteroatoms. The molecule has 2 aromatic rings. The third-order valence-corrected chi connectivity index (χ3v) is 3.87. The van der Waals surface area contributed by atoms with Gasteiger partial charge in [0.25, 0.3) is 0 Å². The first kappa shape index (κ1) is 13.6. The molecule has 1 aromatic carbocycles. The number of fused-ring (bicyclic) bond motifs is 1. The van der Waals surface area contributed by atoms with Crippen molar-refractivity contribution in [3.05, 3.63) is 53.0 Å². The third-order valence-electron chi connectivity index (χ3n) is 3.87. The number of rotatable bonds is 3. The van der Waals surface area contributed by atoms with Crippen LogP contribution < -0.4 is 4.90 Å². The van der Waals surface area contributed by atoms with Gasteiger partial charge in [0.05, 0.1) is 11.3 Å².